The van der Waals surface area contributed by atoms with Crippen LogP contribution in [0.2, 0.25) is 0 Å². The molecule has 0 unspecified atom stereocenters. The lowest BCUT2D eigenvalue weighted by Crippen LogP contribution is -2.17. The Morgan fingerprint density at radius 2 is 1.73 bits per heavy atom. The first-order valence-corrected chi connectivity index (χ1v) is 12.0. The molecule has 0 saturated heterocycles. The number of rotatable bonds is 6. The molecule has 2 aromatic carbocycles. The van der Waals surface area contributed by atoms with Crippen molar-refractivity contribution in [2.45, 2.75) is 26.3 Å². The van der Waals surface area contributed by atoms with Gasteiger partial charge in [-0.2, -0.15) is 0 Å². The average Bonchev–Trinajstić information content (AvgIpc) is 3.54. The Labute approximate surface area is 212 Å². The molecule has 6 rings (SSSR count). The third-order valence-electron chi connectivity index (χ3n) is 6.30. The topological polar surface area (TPSA) is 107 Å². The first-order valence-electron chi connectivity index (χ1n) is 12.0. The molecule has 9 heteroatoms. The van der Waals surface area contributed by atoms with E-state index < -0.39 is 0 Å². The number of aromatic nitrogens is 8. The smallest absolute Gasteiger partial charge is 0.303 e. The Balaban J connectivity index is 1.30. The molecule has 0 radical (unpaired) electrons. The fourth-order valence-corrected chi connectivity index (χ4v) is 4.38. The van der Waals surface area contributed by atoms with E-state index in [-0.39, 0.29) is 5.69 Å². The Bertz CT molecular complexity index is 1750. The first-order chi connectivity index (χ1) is 18.1. The molecule has 0 atom stereocenters. The van der Waals surface area contributed by atoms with Crippen molar-refractivity contribution < 1.29 is 0 Å². The number of nitrogens with zero attached hydrogens (tertiary/aromatic N) is 7. The molecule has 0 spiro atoms. The largest absolute Gasteiger partial charge is 0.328 e. The molecule has 4 aromatic heterocycles. The standard InChI is InChI=1S/C28H24N8O/c1-18(2)21-7-3-4-8-22(21)26-30-15-24-27(32-26)35(28(37)31-24)16-19-10-12-20(13-11-19)36-17-25(33-34-36)23-9-5-6-14-29-23/h3-15,17-18H,16H2,1-2H3,(H,31,37). The van der Waals surface area contributed by atoms with E-state index >= 15 is 0 Å². The zero-order valence-corrected chi connectivity index (χ0v) is 20.4. The number of H-pyrrole nitrogens is 1. The lowest BCUT2D eigenvalue weighted by Gasteiger charge is -2.11. The van der Waals surface area contributed by atoms with E-state index in [0.29, 0.717) is 35.1 Å². The quantitative estimate of drug-likeness (QED) is 0.367. The zero-order valence-electron chi connectivity index (χ0n) is 20.4. The van der Waals surface area contributed by atoms with Gasteiger partial charge in [-0.1, -0.05) is 61.5 Å². The summed E-state index contributed by atoms with van der Waals surface area (Å²) in [5.74, 6) is 0.933. The van der Waals surface area contributed by atoms with Crippen LogP contribution >= 0.6 is 0 Å². The number of aromatic amines is 1. The highest BCUT2D eigenvalue weighted by Gasteiger charge is 2.15. The second-order valence-electron chi connectivity index (χ2n) is 9.12. The number of pyridine rings is 1. The molecule has 0 saturated carbocycles. The monoisotopic (exact) mass is 488 g/mol. The summed E-state index contributed by atoms with van der Waals surface area (Å²) in [6.07, 6.45) is 5.25. The van der Waals surface area contributed by atoms with E-state index in [9.17, 15) is 4.79 Å². The lowest BCUT2D eigenvalue weighted by atomic mass is 9.97. The van der Waals surface area contributed by atoms with E-state index in [4.69, 9.17) is 4.98 Å². The summed E-state index contributed by atoms with van der Waals surface area (Å²) in [7, 11) is 0. The average molecular weight is 489 g/mol. The number of fused-ring (bicyclic) bond motifs is 1. The van der Waals surface area contributed by atoms with Crippen molar-refractivity contribution in [1.82, 2.24) is 39.5 Å². The Morgan fingerprint density at radius 1 is 0.919 bits per heavy atom. The van der Waals surface area contributed by atoms with Gasteiger partial charge in [0.15, 0.2) is 11.5 Å². The minimum atomic E-state index is -0.223. The van der Waals surface area contributed by atoms with E-state index in [0.717, 1.165) is 22.5 Å². The second kappa shape index (κ2) is 9.27. The van der Waals surface area contributed by atoms with Crippen molar-refractivity contribution in [3.8, 4) is 28.5 Å². The molecule has 0 aliphatic rings. The summed E-state index contributed by atoms with van der Waals surface area (Å²) < 4.78 is 3.35. The molecule has 9 nitrogen and oxygen atoms in total. The summed E-state index contributed by atoms with van der Waals surface area (Å²) in [5, 5.41) is 8.46. The van der Waals surface area contributed by atoms with Gasteiger partial charge >= 0.3 is 5.69 Å². The van der Waals surface area contributed by atoms with E-state index in [2.05, 4.69) is 45.2 Å². The fraction of sp³-hybridized carbons (Fsp3) is 0.143. The molecule has 0 amide bonds. The van der Waals surface area contributed by atoms with Crippen LogP contribution in [-0.4, -0.2) is 39.5 Å². The summed E-state index contributed by atoms with van der Waals surface area (Å²) in [6, 6.07) is 21.6. The number of nitrogens with one attached hydrogen (secondary N) is 1. The van der Waals surface area contributed by atoms with Gasteiger partial charge in [0.1, 0.15) is 11.2 Å². The summed E-state index contributed by atoms with van der Waals surface area (Å²) in [6.45, 7) is 4.66. The van der Waals surface area contributed by atoms with Gasteiger partial charge in [-0.15, -0.1) is 5.10 Å². The normalized spacial score (nSPS) is 11.4. The van der Waals surface area contributed by atoms with Crippen LogP contribution in [0.3, 0.4) is 0 Å². The molecule has 0 bridgehead atoms. The maximum atomic E-state index is 12.8. The molecule has 0 fully saturated rings. The van der Waals surface area contributed by atoms with Gasteiger partial charge in [-0.25, -0.2) is 19.4 Å². The minimum absolute atomic E-state index is 0.223. The number of hydrogen-bond donors (Lipinski definition) is 1. The fourth-order valence-electron chi connectivity index (χ4n) is 4.38. The predicted octanol–water partition coefficient (Wildman–Crippen LogP) is 4.60. The molecule has 6 aromatic rings. The third kappa shape index (κ3) is 4.31. The molecule has 37 heavy (non-hydrogen) atoms. The highest BCUT2D eigenvalue weighted by atomic mass is 16.1. The maximum absolute atomic E-state index is 12.8. The van der Waals surface area contributed by atoms with Crippen LogP contribution in [0.25, 0.3) is 39.6 Å². The number of imidazole rings is 1. The van der Waals surface area contributed by atoms with E-state index in [1.165, 1.54) is 5.56 Å². The first kappa shape index (κ1) is 22.5. The molecule has 0 aliphatic heterocycles. The van der Waals surface area contributed by atoms with Crippen molar-refractivity contribution in [2.24, 2.45) is 0 Å². The van der Waals surface area contributed by atoms with E-state index in [1.807, 2.05) is 66.9 Å². The van der Waals surface area contributed by atoms with Crippen molar-refractivity contribution in [3.05, 3.63) is 107 Å². The van der Waals surface area contributed by atoms with Crippen LogP contribution in [0.5, 0.6) is 0 Å². The van der Waals surface area contributed by atoms with Crippen LogP contribution in [0.4, 0.5) is 0 Å². The van der Waals surface area contributed by atoms with Gasteiger partial charge in [0, 0.05) is 11.8 Å². The second-order valence-corrected chi connectivity index (χ2v) is 9.12. The number of hydrogen-bond acceptors (Lipinski definition) is 6. The van der Waals surface area contributed by atoms with Gasteiger partial charge in [0.25, 0.3) is 0 Å². The Hall–Kier alpha value is -4.92. The van der Waals surface area contributed by atoms with Gasteiger partial charge in [-0.05, 0) is 41.3 Å². The van der Waals surface area contributed by atoms with Gasteiger partial charge in [-0.3, -0.25) is 9.55 Å². The number of benzene rings is 2. The third-order valence-corrected chi connectivity index (χ3v) is 6.30. The van der Waals surface area contributed by atoms with Crippen LogP contribution < -0.4 is 5.69 Å². The van der Waals surface area contributed by atoms with Crippen molar-refractivity contribution in [1.29, 1.82) is 0 Å². The molecule has 1 N–H and O–H groups in total. The predicted molar refractivity (Wildman–Crippen MR) is 141 cm³/mol. The SMILES string of the molecule is CC(C)c1ccccc1-c1ncc2[nH]c(=O)n(Cc3ccc(-n4cc(-c5ccccn5)nn4)cc3)c2n1. The van der Waals surface area contributed by atoms with Crippen LogP contribution in [0, 0.1) is 0 Å². The minimum Gasteiger partial charge on any atom is -0.303 e. The Kier molecular flexibility index (Phi) is 5.65. The highest BCUT2D eigenvalue weighted by Crippen LogP contribution is 2.27. The summed E-state index contributed by atoms with van der Waals surface area (Å²) >= 11 is 0. The maximum Gasteiger partial charge on any atom is 0.328 e. The van der Waals surface area contributed by atoms with Crippen LogP contribution in [-0.2, 0) is 6.54 Å². The summed E-state index contributed by atoms with van der Waals surface area (Å²) in [4.78, 5) is 29.3. The van der Waals surface area contributed by atoms with Crippen molar-refractivity contribution in [3.63, 3.8) is 0 Å². The van der Waals surface area contributed by atoms with E-state index in [1.54, 1.807) is 21.6 Å². The van der Waals surface area contributed by atoms with Crippen LogP contribution in [0.1, 0.15) is 30.9 Å². The van der Waals surface area contributed by atoms with Crippen LogP contribution in [0.15, 0.2) is 90.1 Å². The van der Waals surface area contributed by atoms with Crippen molar-refractivity contribution in [2.75, 3.05) is 0 Å². The lowest BCUT2D eigenvalue weighted by molar-refractivity contribution is 0.773. The molecular formula is C28H24N8O. The Morgan fingerprint density at radius 3 is 2.51 bits per heavy atom. The molecule has 182 valence electrons. The molecular weight excluding hydrogens is 464 g/mol. The van der Waals surface area contributed by atoms with Gasteiger partial charge in [0.05, 0.1) is 30.3 Å². The van der Waals surface area contributed by atoms with Gasteiger partial charge in [0.2, 0.25) is 0 Å². The highest BCUT2D eigenvalue weighted by molar-refractivity contribution is 5.73. The zero-order chi connectivity index (χ0) is 25.4. The molecule has 0 aliphatic carbocycles. The van der Waals surface area contributed by atoms with Gasteiger partial charge < -0.3 is 4.98 Å². The summed E-state index contributed by atoms with van der Waals surface area (Å²) in [5.41, 5.74) is 6.39. The van der Waals surface area contributed by atoms with Crippen molar-refractivity contribution >= 4 is 11.2 Å². The molecule has 4 heterocycles.